The van der Waals surface area contributed by atoms with Gasteiger partial charge in [0, 0.05) is 28.6 Å². The number of aliphatic hydroxyl groups excluding tert-OH is 1. The highest BCUT2D eigenvalue weighted by molar-refractivity contribution is 5.83. The van der Waals surface area contributed by atoms with Crippen LogP contribution in [0.5, 0.6) is 0 Å². The summed E-state index contributed by atoms with van der Waals surface area (Å²) in [5, 5.41) is 24.3. The van der Waals surface area contributed by atoms with Crippen LogP contribution in [0.25, 0.3) is 11.6 Å². The van der Waals surface area contributed by atoms with Gasteiger partial charge in [-0.05, 0) is 31.4 Å². The minimum atomic E-state index is 0.0552. The number of hydrogen-bond acceptors (Lipinski definition) is 4. The third kappa shape index (κ3) is 3.51. The van der Waals surface area contributed by atoms with Gasteiger partial charge in [-0.25, -0.2) is 0 Å². The molecule has 3 rings (SSSR count). The van der Waals surface area contributed by atoms with Crippen LogP contribution in [0, 0.1) is 6.92 Å². The van der Waals surface area contributed by atoms with Gasteiger partial charge in [0.05, 0.1) is 37.3 Å². The Morgan fingerprint density at radius 2 is 2.23 bits per heavy atom. The number of aryl methyl sites for hydroxylation is 1. The van der Waals surface area contributed by atoms with Crippen LogP contribution in [-0.4, -0.2) is 31.7 Å². The van der Waals surface area contributed by atoms with Gasteiger partial charge in [-0.3, -0.25) is 9.78 Å². The lowest BCUT2D eigenvalue weighted by Crippen LogP contribution is -2.19. The zero-order chi connectivity index (χ0) is 18.5. The molecule has 138 valence electrons. The molecule has 3 heterocycles. The molecule has 26 heavy (non-hydrogen) atoms. The predicted molar refractivity (Wildman–Crippen MR) is 104 cm³/mol. The molecule has 6 nitrogen and oxygen atoms in total. The van der Waals surface area contributed by atoms with Crippen molar-refractivity contribution in [3.05, 3.63) is 59.3 Å². The van der Waals surface area contributed by atoms with Crippen LogP contribution in [0.1, 0.15) is 54.7 Å². The van der Waals surface area contributed by atoms with Gasteiger partial charge in [0.1, 0.15) is 0 Å². The molecule has 0 radical (unpaired) electrons. The molecular weight excluding hydrogens is 326 g/mol. The summed E-state index contributed by atoms with van der Waals surface area (Å²) in [7, 11) is 0. The second kappa shape index (κ2) is 8.19. The highest BCUT2D eigenvalue weighted by Gasteiger charge is 2.22. The van der Waals surface area contributed by atoms with Crippen LogP contribution in [-0.2, 0) is 6.54 Å². The lowest BCUT2D eigenvalue weighted by Gasteiger charge is -2.24. The Morgan fingerprint density at radius 3 is 2.88 bits per heavy atom. The summed E-state index contributed by atoms with van der Waals surface area (Å²) >= 11 is 0. The van der Waals surface area contributed by atoms with E-state index in [0.29, 0.717) is 6.54 Å². The average molecular weight is 353 g/mol. The molecule has 1 aliphatic heterocycles. The summed E-state index contributed by atoms with van der Waals surface area (Å²) in [5.41, 5.74) is 6.68. The molecule has 6 heteroatoms. The van der Waals surface area contributed by atoms with E-state index in [1.807, 2.05) is 25.4 Å². The van der Waals surface area contributed by atoms with Gasteiger partial charge in [-0.15, -0.1) is 0 Å². The van der Waals surface area contributed by atoms with E-state index >= 15 is 0 Å². The smallest absolute Gasteiger partial charge is 0.0732 e. The van der Waals surface area contributed by atoms with E-state index < -0.39 is 0 Å². The zero-order valence-corrected chi connectivity index (χ0v) is 15.5. The van der Waals surface area contributed by atoms with Crippen LogP contribution >= 0.6 is 0 Å². The lowest BCUT2D eigenvalue weighted by atomic mass is 9.89. The van der Waals surface area contributed by atoms with Crippen LogP contribution in [0.2, 0.25) is 0 Å². The number of aromatic nitrogens is 4. The fourth-order valence-electron chi connectivity index (χ4n) is 3.38. The molecule has 2 aromatic rings. The highest BCUT2D eigenvalue weighted by atomic mass is 16.3. The first-order valence-corrected chi connectivity index (χ1v) is 9.16. The van der Waals surface area contributed by atoms with Crippen molar-refractivity contribution in [2.24, 2.45) is 0 Å². The Morgan fingerprint density at radius 1 is 1.38 bits per heavy atom. The number of unbranched alkanes of at least 4 members (excludes halogenated alkanes) is 1. The number of aromatic amines is 1. The van der Waals surface area contributed by atoms with Crippen LogP contribution in [0.4, 0.5) is 0 Å². The summed E-state index contributed by atoms with van der Waals surface area (Å²) in [5.74, 6) is 0. The minimum Gasteiger partial charge on any atom is -0.394 e. The first-order chi connectivity index (χ1) is 12.7. The molecule has 1 aliphatic rings. The van der Waals surface area contributed by atoms with Crippen molar-refractivity contribution in [3.63, 3.8) is 0 Å². The van der Waals surface area contributed by atoms with E-state index in [2.05, 4.69) is 46.4 Å². The van der Waals surface area contributed by atoms with Crippen LogP contribution < -0.4 is 5.32 Å². The number of nitrogens with zero attached hydrogens (tertiary/aromatic N) is 3. The Hall–Kier alpha value is -2.60. The fourth-order valence-corrected chi connectivity index (χ4v) is 3.38. The molecule has 0 fully saturated rings. The maximum atomic E-state index is 9.25. The number of aliphatic hydroxyl groups is 1. The van der Waals surface area contributed by atoms with E-state index in [-0.39, 0.29) is 12.6 Å². The standard InChI is InChI=1S/C20H27N5O/c1-4-6-7-15-10-19(16-12-22-24-14(16)3)21-11-17(15)18-13-23-25(8-9-26)20(18)5-2/h5,10-13,19,21,26H,2,4,6-9H2,1,3H3,(H,22,24). The second-order valence-electron chi connectivity index (χ2n) is 6.54. The van der Waals surface area contributed by atoms with Crippen molar-refractivity contribution in [1.82, 2.24) is 25.3 Å². The topological polar surface area (TPSA) is 78.8 Å². The van der Waals surface area contributed by atoms with Crippen molar-refractivity contribution in [2.75, 3.05) is 6.61 Å². The maximum Gasteiger partial charge on any atom is 0.0732 e. The number of hydrogen-bond donors (Lipinski definition) is 3. The van der Waals surface area contributed by atoms with E-state index in [4.69, 9.17) is 0 Å². The maximum absolute atomic E-state index is 9.25. The van der Waals surface area contributed by atoms with Gasteiger partial charge in [0.25, 0.3) is 0 Å². The van der Waals surface area contributed by atoms with Gasteiger partial charge in [0.2, 0.25) is 0 Å². The molecule has 1 unspecified atom stereocenters. The molecular formula is C20H27N5O. The van der Waals surface area contributed by atoms with E-state index in [1.54, 1.807) is 4.68 Å². The number of dihydropyridines is 1. The zero-order valence-electron chi connectivity index (χ0n) is 15.5. The Labute approximate surface area is 154 Å². The molecule has 0 aromatic carbocycles. The molecule has 1 atom stereocenters. The first-order valence-electron chi connectivity index (χ1n) is 9.16. The molecule has 2 aromatic heterocycles. The van der Waals surface area contributed by atoms with Crippen molar-refractivity contribution >= 4 is 11.6 Å². The number of nitrogens with one attached hydrogen (secondary N) is 2. The third-order valence-electron chi connectivity index (χ3n) is 4.80. The van der Waals surface area contributed by atoms with Gasteiger partial charge < -0.3 is 10.4 Å². The Kier molecular flexibility index (Phi) is 5.73. The Balaban J connectivity index is 1.96. The van der Waals surface area contributed by atoms with Crippen molar-refractivity contribution < 1.29 is 5.11 Å². The average Bonchev–Trinajstić information content (AvgIpc) is 3.26. The van der Waals surface area contributed by atoms with Gasteiger partial charge in [0.15, 0.2) is 0 Å². The molecule has 0 spiro atoms. The summed E-state index contributed by atoms with van der Waals surface area (Å²) in [4.78, 5) is 0. The minimum absolute atomic E-state index is 0.0552. The molecule has 0 saturated carbocycles. The van der Waals surface area contributed by atoms with Crippen molar-refractivity contribution in [1.29, 1.82) is 0 Å². The summed E-state index contributed by atoms with van der Waals surface area (Å²) in [6.07, 6.45) is 13.2. The number of allylic oxidation sites excluding steroid dienone is 2. The van der Waals surface area contributed by atoms with E-state index in [9.17, 15) is 5.11 Å². The predicted octanol–water partition coefficient (Wildman–Crippen LogP) is 3.35. The summed E-state index contributed by atoms with van der Waals surface area (Å²) < 4.78 is 1.80. The quantitative estimate of drug-likeness (QED) is 0.680. The molecule has 0 aliphatic carbocycles. The van der Waals surface area contributed by atoms with E-state index in [1.165, 1.54) is 5.57 Å². The van der Waals surface area contributed by atoms with Crippen molar-refractivity contribution in [3.8, 4) is 0 Å². The Bertz CT molecular complexity index is 827. The third-order valence-corrected chi connectivity index (χ3v) is 4.80. The largest absolute Gasteiger partial charge is 0.394 e. The molecule has 0 saturated heterocycles. The van der Waals surface area contributed by atoms with Gasteiger partial charge in [-0.1, -0.05) is 26.0 Å². The lowest BCUT2D eigenvalue weighted by molar-refractivity contribution is 0.269. The SMILES string of the molecule is C=Cc1c(C2=CNC(c3cn[nH]c3C)C=C2CCCC)cnn1CCO. The number of rotatable bonds is 8. The second-order valence-corrected chi connectivity index (χ2v) is 6.54. The van der Waals surface area contributed by atoms with E-state index in [0.717, 1.165) is 47.4 Å². The first kappa shape index (κ1) is 18.2. The fraction of sp³-hybridized carbons (Fsp3) is 0.400. The van der Waals surface area contributed by atoms with Crippen molar-refractivity contribution in [2.45, 2.75) is 45.7 Å². The van der Waals surface area contributed by atoms with Gasteiger partial charge in [-0.2, -0.15) is 10.2 Å². The monoisotopic (exact) mass is 353 g/mol. The van der Waals surface area contributed by atoms with Crippen LogP contribution in [0.3, 0.4) is 0 Å². The molecule has 3 N–H and O–H groups in total. The number of H-pyrrole nitrogens is 1. The van der Waals surface area contributed by atoms with Crippen LogP contribution in [0.15, 0.2) is 36.8 Å². The summed E-state index contributed by atoms with van der Waals surface area (Å²) in [6.45, 7) is 8.70. The summed E-state index contributed by atoms with van der Waals surface area (Å²) in [6, 6.07) is 0.115. The highest BCUT2D eigenvalue weighted by Crippen LogP contribution is 2.35. The van der Waals surface area contributed by atoms with Gasteiger partial charge >= 0.3 is 0 Å². The normalized spacial score (nSPS) is 16.8. The molecule has 0 bridgehead atoms. The molecule has 0 amide bonds.